The van der Waals surface area contributed by atoms with E-state index in [1.165, 1.54) is 11.1 Å². The van der Waals surface area contributed by atoms with Crippen LogP contribution in [-0.4, -0.2) is 21.3 Å². The Morgan fingerprint density at radius 1 is 0.750 bits per heavy atom. The van der Waals surface area contributed by atoms with Crippen molar-refractivity contribution >= 4 is 22.5 Å². The van der Waals surface area contributed by atoms with Crippen molar-refractivity contribution < 1.29 is 18.9 Å². The molecule has 0 spiro atoms. The zero-order valence-corrected chi connectivity index (χ0v) is 25.7. The molecule has 5 aromatic rings. The standard InChI is InChI=1S/C39H33NO4/c1-23-20-31-32(22-34(23)43-7)37-30(36-35(31)29-17-12-26(40-4)21-33(29)38(36,2)3)18-19-39(44-37,24-8-13-27(41-5)14-9-24)25-10-15-28(42-6)16-11-25/h8-22H,1-3,5-7H3. The summed E-state index contributed by atoms with van der Waals surface area (Å²) in [4.78, 5) is 3.75. The van der Waals surface area contributed by atoms with Gasteiger partial charge in [0.05, 0.1) is 27.9 Å². The highest BCUT2D eigenvalue weighted by Crippen LogP contribution is 2.59. The lowest BCUT2D eigenvalue weighted by atomic mass is 9.76. The van der Waals surface area contributed by atoms with Gasteiger partial charge in [-0.3, -0.25) is 0 Å². The Hall–Kier alpha value is -5.21. The molecule has 0 unspecified atom stereocenters. The minimum Gasteiger partial charge on any atom is -0.497 e. The molecule has 0 bridgehead atoms. The minimum absolute atomic E-state index is 0.356. The van der Waals surface area contributed by atoms with E-state index in [4.69, 9.17) is 25.5 Å². The molecule has 1 aliphatic carbocycles. The first-order valence-electron chi connectivity index (χ1n) is 14.6. The largest absolute Gasteiger partial charge is 0.497 e. The summed E-state index contributed by atoms with van der Waals surface area (Å²) in [6.45, 7) is 14.2. The van der Waals surface area contributed by atoms with Crippen molar-refractivity contribution in [1.82, 2.24) is 0 Å². The average Bonchev–Trinajstić information content (AvgIpc) is 3.30. The Labute approximate surface area is 258 Å². The summed E-state index contributed by atoms with van der Waals surface area (Å²) in [5.41, 5.74) is 8.12. The fourth-order valence-electron chi connectivity index (χ4n) is 7.05. The number of aryl methyl sites for hydroxylation is 1. The van der Waals surface area contributed by atoms with Gasteiger partial charge < -0.3 is 18.9 Å². The molecule has 0 saturated heterocycles. The van der Waals surface area contributed by atoms with Gasteiger partial charge in [-0.25, -0.2) is 4.85 Å². The van der Waals surface area contributed by atoms with E-state index in [1.807, 2.05) is 36.4 Å². The van der Waals surface area contributed by atoms with E-state index < -0.39 is 5.60 Å². The fourth-order valence-corrected chi connectivity index (χ4v) is 7.05. The third-order valence-electron chi connectivity index (χ3n) is 9.30. The molecule has 0 amide bonds. The van der Waals surface area contributed by atoms with Crippen LogP contribution in [0.15, 0.2) is 84.9 Å². The summed E-state index contributed by atoms with van der Waals surface area (Å²) in [6, 6.07) is 26.5. The van der Waals surface area contributed by atoms with Crippen LogP contribution in [0.2, 0.25) is 0 Å². The highest BCUT2D eigenvalue weighted by atomic mass is 16.5. The van der Waals surface area contributed by atoms with Crippen LogP contribution in [0.4, 0.5) is 5.69 Å². The zero-order valence-electron chi connectivity index (χ0n) is 25.7. The van der Waals surface area contributed by atoms with Crippen LogP contribution in [0.1, 0.15) is 47.2 Å². The van der Waals surface area contributed by atoms with Crippen molar-refractivity contribution in [3.8, 4) is 34.1 Å². The van der Waals surface area contributed by atoms with Gasteiger partial charge in [0, 0.05) is 27.5 Å². The van der Waals surface area contributed by atoms with Crippen molar-refractivity contribution in [1.29, 1.82) is 0 Å². The molecule has 218 valence electrons. The molecule has 0 fully saturated rings. The van der Waals surface area contributed by atoms with Gasteiger partial charge in [0.2, 0.25) is 0 Å². The van der Waals surface area contributed by atoms with Crippen LogP contribution in [-0.2, 0) is 11.0 Å². The number of hydrogen-bond donors (Lipinski definition) is 0. The number of ether oxygens (including phenoxy) is 4. The maximum Gasteiger partial charge on any atom is 0.187 e. The van der Waals surface area contributed by atoms with E-state index in [1.54, 1.807) is 21.3 Å². The number of methoxy groups -OCH3 is 3. The Balaban J connectivity index is 1.56. The molecule has 1 heterocycles. The van der Waals surface area contributed by atoms with Crippen molar-refractivity contribution in [2.75, 3.05) is 21.3 Å². The molecular formula is C39H33NO4. The lowest BCUT2D eigenvalue weighted by Gasteiger charge is -2.38. The summed E-state index contributed by atoms with van der Waals surface area (Å²) in [7, 11) is 5.05. The van der Waals surface area contributed by atoms with Gasteiger partial charge in [0.15, 0.2) is 11.3 Å². The number of rotatable bonds is 5. The van der Waals surface area contributed by atoms with Crippen molar-refractivity contribution in [3.05, 3.63) is 130 Å². The molecule has 0 radical (unpaired) electrons. The number of benzene rings is 5. The van der Waals surface area contributed by atoms with Gasteiger partial charge in [-0.05, 0) is 82.6 Å². The first-order valence-corrected chi connectivity index (χ1v) is 14.6. The van der Waals surface area contributed by atoms with Gasteiger partial charge >= 0.3 is 0 Å². The highest BCUT2D eigenvalue weighted by Gasteiger charge is 2.44. The second-order valence-electron chi connectivity index (χ2n) is 12.0. The Bertz CT molecular complexity index is 1980. The van der Waals surface area contributed by atoms with Crippen LogP contribution in [0, 0.1) is 13.5 Å². The number of fused-ring (bicyclic) bond motifs is 8. The minimum atomic E-state index is -0.919. The average molecular weight is 580 g/mol. The summed E-state index contributed by atoms with van der Waals surface area (Å²) >= 11 is 0. The van der Waals surface area contributed by atoms with Crippen LogP contribution in [0.25, 0.3) is 32.8 Å². The molecule has 44 heavy (non-hydrogen) atoms. The van der Waals surface area contributed by atoms with Gasteiger partial charge in [0.1, 0.15) is 23.0 Å². The third-order valence-corrected chi connectivity index (χ3v) is 9.30. The zero-order chi connectivity index (χ0) is 30.8. The SMILES string of the molecule is [C-]#[N+]c1ccc2c(c1)C(C)(C)c1c3c(c4cc(OC)c(C)cc4c1-2)OC(c1ccc(OC)cc1)(c1ccc(OC)cc1)C=C3. The topological polar surface area (TPSA) is 41.3 Å². The van der Waals surface area contributed by atoms with Crippen molar-refractivity contribution in [3.63, 3.8) is 0 Å². The molecular weight excluding hydrogens is 546 g/mol. The van der Waals surface area contributed by atoms with Crippen LogP contribution in [0.5, 0.6) is 23.0 Å². The smallest absolute Gasteiger partial charge is 0.187 e. The summed E-state index contributed by atoms with van der Waals surface area (Å²) in [5, 5.41) is 2.09. The molecule has 0 atom stereocenters. The predicted octanol–water partition coefficient (Wildman–Crippen LogP) is 9.38. The number of hydrogen-bond acceptors (Lipinski definition) is 4. The number of nitrogens with zero attached hydrogens (tertiary/aromatic N) is 1. The molecule has 0 aromatic heterocycles. The highest BCUT2D eigenvalue weighted by molar-refractivity contribution is 6.09. The third kappa shape index (κ3) is 3.84. The van der Waals surface area contributed by atoms with Gasteiger partial charge in [-0.1, -0.05) is 62.4 Å². The molecule has 5 nitrogen and oxygen atoms in total. The summed E-state index contributed by atoms with van der Waals surface area (Å²) < 4.78 is 24.2. The lowest BCUT2D eigenvalue weighted by molar-refractivity contribution is 0.163. The Kier molecular flexibility index (Phi) is 6.23. The van der Waals surface area contributed by atoms with E-state index >= 15 is 0 Å². The first-order chi connectivity index (χ1) is 21.2. The van der Waals surface area contributed by atoms with Crippen molar-refractivity contribution in [2.45, 2.75) is 31.8 Å². The second kappa shape index (κ2) is 9.92. The molecule has 5 heteroatoms. The van der Waals surface area contributed by atoms with E-state index in [-0.39, 0.29) is 5.41 Å². The van der Waals surface area contributed by atoms with E-state index in [0.29, 0.717) is 5.69 Å². The monoisotopic (exact) mass is 579 g/mol. The molecule has 7 rings (SSSR count). The normalized spacial score (nSPS) is 15.0. The van der Waals surface area contributed by atoms with Crippen molar-refractivity contribution in [2.24, 2.45) is 0 Å². The summed E-state index contributed by atoms with van der Waals surface area (Å²) in [5.74, 6) is 3.16. The van der Waals surface area contributed by atoms with E-state index in [9.17, 15) is 0 Å². The predicted molar refractivity (Wildman–Crippen MR) is 175 cm³/mol. The van der Waals surface area contributed by atoms with E-state index in [2.05, 4.69) is 80.2 Å². The lowest BCUT2D eigenvalue weighted by Crippen LogP contribution is -2.35. The second-order valence-corrected chi connectivity index (χ2v) is 12.0. The fraction of sp³-hybridized carbons (Fsp3) is 0.205. The van der Waals surface area contributed by atoms with Gasteiger partial charge in [0.25, 0.3) is 0 Å². The Morgan fingerprint density at radius 3 is 1.95 bits per heavy atom. The summed E-state index contributed by atoms with van der Waals surface area (Å²) in [6.07, 6.45) is 4.39. The maximum absolute atomic E-state index is 7.67. The maximum atomic E-state index is 7.67. The van der Waals surface area contributed by atoms with Gasteiger partial charge in [-0.2, -0.15) is 0 Å². The van der Waals surface area contributed by atoms with Crippen LogP contribution >= 0.6 is 0 Å². The molecule has 1 aliphatic heterocycles. The molecule has 0 N–H and O–H groups in total. The first kappa shape index (κ1) is 27.6. The molecule has 5 aromatic carbocycles. The Morgan fingerprint density at radius 2 is 1.39 bits per heavy atom. The van der Waals surface area contributed by atoms with Crippen LogP contribution in [0.3, 0.4) is 0 Å². The van der Waals surface area contributed by atoms with E-state index in [0.717, 1.165) is 67.2 Å². The molecule has 2 aliphatic rings. The quantitative estimate of drug-likeness (QED) is 0.195. The van der Waals surface area contributed by atoms with Crippen LogP contribution < -0.4 is 18.9 Å². The van der Waals surface area contributed by atoms with Gasteiger partial charge in [-0.15, -0.1) is 0 Å². The molecule has 0 saturated carbocycles.